The number of anilines is 2. The summed E-state index contributed by atoms with van der Waals surface area (Å²) < 4.78 is 10.6. The fourth-order valence-corrected chi connectivity index (χ4v) is 4.15. The van der Waals surface area contributed by atoms with E-state index in [9.17, 15) is 9.59 Å². The summed E-state index contributed by atoms with van der Waals surface area (Å²) in [6, 6.07) is 13.3. The Balaban J connectivity index is 1.48. The third-order valence-corrected chi connectivity index (χ3v) is 5.58. The summed E-state index contributed by atoms with van der Waals surface area (Å²) in [5.74, 6) is 1.12. The van der Waals surface area contributed by atoms with E-state index in [-0.39, 0.29) is 24.5 Å². The van der Waals surface area contributed by atoms with Gasteiger partial charge in [0.25, 0.3) is 0 Å². The van der Waals surface area contributed by atoms with E-state index >= 15 is 0 Å². The van der Waals surface area contributed by atoms with Gasteiger partial charge in [0.05, 0.1) is 14.2 Å². The van der Waals surface area contributed by atoms with Crippen LogP contribution in [0.3, 0.4) is 0 Å². The molecule has 7 heteroatoms. The summed E-state index contributed by atoms with van der Waals surface area (Å²) >= 11 is 0. The van der Waals surface area contributed by atoms with Gasteiger partial charge < -0.3 is 19.3 Å². The molecule has 0 saturated carbocycles. The van der Waals surface area contributed by atoms with Crippen LogP contribution in [-0.4, -0.2) is 56.7 Å². The van der Waals surface area contributed by atoms with Crippen molar-refractivity contribution in [3.63, 3.8) is 0 Å². The highest BCUT2D eigenvalue weighted by atomic mass is 16.5. The fourth-order valence-electron chi connectivity index (χ4n) is 4.15. The zero-order valence-corrected chi connectivity index (χ0v) is 16.9. The summed E-state index contributed by atoms with van der Waals surface area (Å²) in [7, 11) is 3.14. The number of amides is 3. The van der Waals surface area contributed by atoms with Gasteiger partial charge in [-0.25, -0.2) is 4.79 Å². The Labute approximate surface area is 170 Å². The summed E-state index contributed by atoms with van der Waals surface area (Å²) in [6.07, 6.45) is 0.841. The molecule has 2 aromatic rings. The van der Waals surface area contributed by atoms with Crippen molar-refractivity contribution in [2.45, 2.75) is 19.4 Å². The maximum atomic E-state index is 13.0. The highest BCUT2D eigenvalue weighted by Gasteiger charge is 2.36. The van der Waals surface area contributed by atoms with Crippen molar-refractivity contribution in [2.75, 3.05) is 43.7 Å². The van der Waals surface area contributed by atoms with E-state index in [1.54, 1.807) is 36.2 Å². The molecule has 29 heavy (non-hydrogen) atoms. The van der Waals surface area contributed by atoms with Crippen LogP contribution >= 0.6 is 0 Å². The van der Waals surface area contributed by atoms with Crippen LogP contribution in [0.4, 0.5) is 16.2 Å². The predicted molar refractivity (Wildman–Crippen MR) is 111 cm³/mol. The van der Waals surface area contributed by atoms with Gasteiger partial charge >= 0.3 is 6.03 Å². The van der Waals surface area contributed by atoms with Gasteiger partial charge in [0.2, 0.25) is 5.91 Å². The molecule has 1 fully saturated rings. The number of para-hydroxylation sites is 1. The molecule has 2 aliphatic rings. The quantitative estimate of drug-likeness (QED) is 0.781. The Morgan fingerprint density at radius 1 is 1.07 bits per heavy atom. The van der Waals surface area contributed by atoms with Crippen LogP contribution < -0.4 is 19.3 Å². The minimum absolute atomic E-state index is 0.0510. The van der Waals surface area contributed by atoms with Gasteiger partial charge in [-0.2, -0.15) is 0 Å². The minimum Gasteiger partial charge on any atom is -0.493 e. The van der Waals surface area contributed by atoms with E-state index in [4.69, 9.17) is 9.47 Å². The van der Waals surface area contributed by atoms with Crippen molar-refractivity contribution in [1.29, 1.82) is 0 Å². The molecule has 1 atom stereocenters. The average molecular weight is 395 g/mol. The second-order valence-corrected chi connectivity index (χ2v) is 7.34. The maximum Gasteiger partial charge on any atom is 0.325 e. The number of benzene rings is 2. The van der Waals surface area contributed by atoms with Crippen LogP contribution in [0.15, 0.2) is 42.5 Å². The van der Waals surface area contributed by atoms with Crippen molar-refractivity contribution in [2.24, 2.45) is 0 Å². The Morgan fingerprint density at radius 3 is 2.59 bits per heavy atom. The molecule has 3 amide bonds. The van der Waals surface area contributed by atoms with Crippen molar-refractivity contribution < 1.29 is 19.1 Å². The van der Waals surface area contributed by atoms with Gasteiger partial charge in [0.15, 0.2) is 11.5 Å². The Kier molecular flexibility index (Phi) is 5.05. The first kappa shape index (κ1) is 19.1. The van der Waals surface area contributed by atoms with E-state index in [1.807, 2.05) is 36.1 Å². The van der Waals surface area contributed by atoms with E-state index in [0.29, 0.717) is 24.6 Å². The van der Waals surface area contributed by atoms with Gasteiger partial charge in [-0.1, -0.05) is 18.2 Å². The Hall–Kier alpha value is -3.22. The molecule has 7 nitrogen and oxygen atoms in total. The average Bonchev–Trinajstić information content (AvgIpc) is 3.26. The van der Waals surface area contributed by atoms with Gasteiger partial charge in [-0.05, 0) is 37.1 Å². The second kappa shape index (κ2) is 7.66. The normalized spacial score (nSPS) is 18.2. The van der Waals surface area contributed by atoms with Gasteiger partial charge in [0.1, 0.15) is 6.54 Å². The largest absolute Gasteiger partial charge is 0.493 e. The number of urea groups is 1. The number of carbonyl (C=O) groups is 2. The summed E-state index contributed by atoms with van der Waals surface area (Å²) in [5.41, 5.74) is 2.85. The van der Waals surface area contributed by atoms with Crippen LogP contribution in [-0.2, 0) is 11.2 Å². The van der Waals surface area contributed by atoms with Crippen LogP contribution in [0.5, 0.6) is 11.5 Å². The van der Waals surface area contributed by atoms with E-state index in [1.165, 1.54) is 5.56 Å². The number of ether oxygens (including phenoxy) is 2. The fraction of sp³-hybridized carbons (Fsp3) is 0.364. The molecule has 0 aliphatic carbocycles. The third kappa shape index (κ3) is 3.37. The monoisotopic (exact) mass is 395 g/mol. The number of nitrogens with zero attached hydrogens (tertiary/aromatic N) is 3. The Bertz CT molecular complexity index is 945. The molecule has 0 bridgehead atoms. The summed E-state index contributed by atoms with van der Waals surface area (Å²) in [4.78, 5) is 31.1. The number of rotatable bonds is 5. The molecular weight excluding hydrogens is 370 g/mol. The molecule has 2 aliphatic heterocycles. The Morgan fingerprint density at radius 2 is 1.83 bits per heavy atom. The molecule has 0 spiro atoms. The van der Waals surface area contributed by atoms with Crippen molar-refractivity contribution in [3.8, 4) is 11.5 Å². The molecular formula is C22H25N3O4. The number of fused-ring (bicyclic) bond motifs is 1. The lowest BCUT2D eigenvalue weighted by Gasteiger charge is -2.26. The van der Waals surface area contributed by atoms with Crippen molar-refractivity contribution in [3.05, 3.63) is 48.0 Å². The predicted octanol–water partition coefficient (Wildman–Crippen LogP) is 2.92. The number of hydrogen-bond acceptors (Lipinski definition) is 4. The first-order valence-electron chi connectivity index (χ1n) is 9.72. The van der Waals surface area contributed by atoms with Crippen LogP contribution in [0.1, 0.15) is 12.5 Å². The van der Waals surface area contributed by atoms with Crippen LogP contribution in [0, 0.1) is 0 Å². The molecule has 2 aromatic carbocycles. The standard InChI is InChI=1S/C22H25N3O4/c1-15-12-16-6-4-5-7-18(16)25(15)21(26)14-23-10-11-24(22(23)27)17-8-9-19(28-2)20(13-17)29-3/h4-9,13,15H,10-12,14H2,1-3H3. The smallest absolute Gasteiger partial charge is 0.325 e. The first-order valence-corrected chi connectivity index (χ1v) is 9.72. The summed E-state index contributed by atoms with van der Waals surface area (Å²) in [5, 5.41) is 0. The first-order chi connectivity index (χ1) is 14.0. The lowest BCUT2D eigenvalue weighted by atomic mass is 10.1. The van der Waals surface area contributed by atoms with Gasteiger partial charge in [0, 0.05) is 36.6 Å². The SMILES string of the molecule is COc1ccc(N2CCN(CC(=O)N3c4ccccc4CC3C)C2=O)cc1OC. The lowest BCUT2D eigenvalue weighted by Crippen LogP contribution is -2.44. The van der Waals surface area contributed by atoms with E-state index < -0.39 is 0 Å². The van der Waals surface area contributed by atoms with Crippen molar-refractivity contribution >= 4 is 23.3 Å². The van der Waals surface area contributed by atoms with Gasteiger partial charge in [-0.15, -0.1) is 0 Å². The number of hydrogen-bond donors (Lipinski definition) is 0. The topological polar surface area (TPSA) is 62.3 Å². The molecule has 4 rings (SSSR count). The molecule has 2 heterocycles. The minimum atomic E-state index is -0.175. The molecule has 1 unspecified atom stereocenters. The molecule has 0 N–H and O–H groups in total. The highest BCUT2D eigenvalue weighted by Crippen LogP contribution is 2.34. The molecule has 0 radical (unpaired) electrons. The third-order valence-electron chi connectivity index (χ3n) is 5.58. The summed E-state index contributed by atoms with van der Waals surface area (Å²) in [6.45, 7) is 3.14. The maximum absolute atomic E-state index is 13.0. The van der Waals surface area contributed by atoms with Crippen LogP contribution in [0.2, 0.25) is 0 Å². The van der Waals surface area contributed by atoms with Crippen LogP contribution in [0.25, 0.3) is 0 Å². The second-order valence-electron chi connectivity index (χ2n) is 7.34. The highest BCUT2D eigenvalue weighted by molar-refractivity contribution is 6.01. The zero-order valence-electron chi connectivity index (χ0n) is 16.9. The zero-order chi connectivity index (χ0) is 20.5. The van der Waals surface area contributed by atoms with E-state index in [0.717, 1.165) is 17.8 Å². The van der Waals surface area contributed by atoms with Gasteiger partial charge in [-0.3, -0.25) is 9.69 Å². The molecule has 1 saturated heterocycles. The van der Waals surface area contributed by atoms with Crippen molar-refractivity contribution in [1.82, 2.24) is 4.90 Å². The lowest BCUT2D eigenvalue weighted by molar-refractivity contribution is -0.119. The molecule has 0 aromatic heterocycles. The molecule has 152 valence electrons. The number of carbonyl (C=O) groups excluding carboxylic acids is 2. The number of methoxy groups -OCH3 is 2. The van der Waals surface area contributed by atoms with E-state index in [2.05, 4.69) is 6.07 Å².